The van der Waals surface area contributed by atoms with E-state index in [1.54, 1.807) is 0 Å². The summed E-state index contributed by atoms with van der Waals surface area (Å²) in [4.78, 5) is 24.4. The lowest BCUT2D eigenvalue weighted by Gasteiger charge is -2.17. The molecule has 1 fully saturated rings. The number of likely N-dealkylation sites (tertiary alicyclic amines) is 1. The number of aryl methyl sites for hydroxylation is 2. The molecule has 1 aromatic heterocycles. The van der Waals surface area contributed by atoms with Crippen molar-refractivity contribution >= 4 is 11.8 Å². The lowest BCUT2D eigenvalue weighted by molar-refractivity contribution is -0.137. The number of rotatable bonds is 3. The second kappa shape index (κ2) is 4.57. The molecule has 0 radical (unpaired) electrons. The summed E-state index contributed by atoms with van der Waals surface area (Å²) in [6, 6.07) is 1.51. The van der Waals surface area contributed by atoms with Crippen molar-refractivity contribution in [2.45, 2.75) is 39.3 Å². The molecule has 0 bridgehead atoms. The number of nitrogens with zero attached hydrogens (tertiary/aromatic N) is 1. The third-order valence-electron chi connectivity index (χ3n) is 3.38. The molecule has 0 saturated carbocycles. The number of hydrogen-bond acceptors (Lipinski definition) is 4. The molecule has 2 rings (SSSR count). The van der Waals surface area contributed by atoms with Gasteiger partial charge in [0, 0.05) is 18.7 Å². The molecule has 0 aliphatic carbocycles. The minimum atomic E-state index is -0.424. The summed E-state index contributed by atoms with van der Waals surface area (Å²) in [6.07, 6.45) is 0.232. The molecule has 5 heteroatoms. The number of carbonyl (C=O) groups excluding carboxylic acids is 2. The highest BCUT2D eigenvalue weighted by Crippen LogP contribution is 2.23. The van der Waals surface area contributed by atoms with E-state index >= 15 is 0 Å². The molecule has 1 saturated heterocycles. The molecule has 5 nitrogen and oxygen atoms in total. The van der Waals surface area contributed by atoms with Crippen LogP contribution in [0.25, 0.3) is 0 Å². The molecule has 98 valence electrons. The van der Waals surface area contributed by atoms with Crippen molar-refractivity contribution in [3.05, 3.63) is 23.2 Å². The summed E-state index contributed by atoms with van der Waals surface area (Å²) < 4.78 is 5.47. The lowest BCUT2D eigenvalue weighted by Crippen LogP contribution is -2.38. The van der Waals surface area contributed by atoms with Crippen LogP contribution in [0.4, 0.5) is 0 Å². The van der Waals surface area contributed by atoms with E-state index in [0.717, 1.165) is 17.1 Å². The van der Waals surface area contributed by atoms with Crippen molar-refractivity contribution in [2.24, 2.45) is 0 Å². The summed E-state index contributed by atoms with van der Waals surface area (Å²) in [7, 11) is 1.52. The van der Waals surface area contributed by atoms with E-state index in [1.165, 1.54) is 11.9 Å². The molecule has 1 aliphatic heterocycles. The van der Waals surface area contributed by atoms with Crippen molar-refractivity contribution in [1.29, 1.82) is 0 Å². The van der Waals surface area contributed by atoms with Crippen molar-refractivity contribution in [3.63, 3.8) is 0 Å². The first-order chi connectivity index (χ1) is 8.40. The fraction of sp³-hybridized carbons (Fsp3) is 0.538. The molecule has 2 unspecified atom stereocenters. The van der Waals surface area contributed by atoms with Crippen LogP contribution < -0.4 is 5.32 Å². The Kier molecular flexibility index (Phi) is 3.26. The quantitative estimate of drug-likeness (QED) is 0.821. The molecule has 1 N–H and O–H groups in total. The standard InChI is InChI=1S/C13H18N2O3/c1-7-5-10(9(3)18-7)8(2)14-11-6-12(16)15(4)13(11)17/h5,8,11,14H,6H2,1-4H3. The van der Waals surface area contributed by atoms with Gasteiger partial charge in [0.25, 0.3) is 0 Å². The monoisotopic (exact) mass is 250 g/mol. The summed E-state index contributed by atoms with van der Waals surface area (Å²) in [5.74, 6) is 1.40. The summed E-state index contributed by atoms with van der Waals surface area (Å²) in [6.45, 7) is 5.75. The number of hydrogen-bond donors (Lipinski definition) is 1. The van der Waals surface area contributed by atoms with Gasteiger partial charge < -0.3 is 4.42 Å². The predicted octanol–water partition coefficient (Wildman–Crippen LogP) is 1.30. The Labute approximate surface area is 106 Å². The molecule has 18 heavy (non-hydrogen) atoms. The maximum Gasteiger partial charge on any atom is 0.246 e. The van der Waals surface area contributed by atoms with Crippen LogP contribution in [0.1, 0.15) is 36.5 Å². The molecule has 0 spiro atoms. The Hall–Kier alpha value is -1.62. The van der Waals surface area contributed by atoms with E-state index in [1.807, 2.05) is 26.8 Å². The fourth-order valence-corrected chi connectivity index (χ4v) is 2.36. The Morgan fingerprint density at radius 2 is 2.11 bits per heavy atom. The van der Waals surface area contributed by atoms with Gasteiger partial charge in [-0.15, -0.1) is 0 Å². The van der Waals surface area contributed by atoms with Crippen LogP contribution in [0.15, 0.2) is 10.5 Å². The smallest absolute Gasteiger partial charge is 0.246 e. The average Bonchev–Trinajstić information content (AvgIpc) is 2.75. The zero-order valence-electron chi connectivity index (χ0n) is 11.1. The maximum absolute atomic E-state index is 11.8. The number of likely N-dealkylation sites (N-methyl/N-ethyl adjacent to an activating group) is 1. The SMILES string of the molecule is Cc1cc(C(C)NC2CC(=O)N(C)C2=O)c(C)o1. The minimum Gasteiger partial charge on any atom is -0.466 e. The maximum atomic E-state index is 11.8. The van der Waals surface area contributed by atoms with Gasteiger partial charge in [-0.2, -0.15) is 0 Å². The Morgan fingerprint density at radius 1 is 1.44 bits per heavy atom. The minimum absolute atomic E-state index is 0.0179. The molecule has 2 heterocycles. The fourth-order valence-electron chi connectivity index (χ4n) is 2.36. The zero-order valence-corrected chi connectivity index (χ0v) is 11.1. The number of nitrogens with one attached hydrogen (secondary N) is 1. The Balaban J connectivity index is 2.09. The predicted molar refractivity (Wildman–Crippen MR) is 65.9 cm³/mol. The number of imide groups is 1. The topological polar surface area (TPSA) is 62.6 Å². The molecule has 1 aliphatic rings. The highest BCUT2D eigenvalue weighted by atomic mass is 16.3. The van der Waals surface area contributed by atoms with Gasteiger partial charge >= 0.3 is 0 Å². The first-order valence-corrected chi connectivity index (χ1v) is 6.03. The van der Waals surface area contributed by atoms with Gasteiger partial charge in [0.05, 0.1) is 12.5 Å². The third-order valence-corrected chi connectivity index (χ3v) is 3.38. The second-order valence-corrected chi connectivity index (χ2v) is 4.80. The van der Waals surface area contributed by atoms with Crippen LogP contribution in [-0.4, -0.2) is 29.8 Å². The summed E-state index contributed by atoms with van der Waals surface area (Å²) in [5, 5.41) is 3.19. The summed E-state index contributed by atoms with van der Waals surface area (Å²) in [5.41, 5.74) is 1.03. The van der Waals surface area contributed by atoms with E-state index in [4.69, 9.17) is 4.42 Å². The van der Waals surface area contributed by atoms with Gasteiger partial charge in [-0.25, -0.2) is 0 Å². The van der Waals surface area contributed by atoms with Crippen molar-refractivity contribution < 1.29 is 14.0 Å². The Morgan fingerprint density at radius 3 is 2.56 bits per heavy atom. The highest BCUT2D eigenvalue weighted by molar-refractivity contribution is 6.05. The van der Waals surface area contributed by atoms with Crippen LogP contribution in [0.5, 0.6) is 0 Å². The van der Waals surface area contributed by atoms with E-state index in [2.05, 4.69) is 5.32 Å². The van der Waals surface area contributed by atoms with E-state index in [9.17, 15) is 9.59 Å². The van der Waals surface area contributed by atoms with Gasteiger partial charge in [0.15, 0.2) is 0 Å². The van der Waals surface area contributed by atoms with Crippen LogP contribution in [0.3, 0.4) is 0 Å². The lowest BCUT2D eigenvalue weighted by atomic mass is 10.1. The zero-order chi connectivity index (χ0) is 13.4. The van der Waals surface area contributed by atoms with E-state index in [-0.39, 0.29) is 24.3 Å². The first kappa shape index (κ1) is 12.8. The molecule has 1 aromatic rings. The highest BCUT2D eigenvalue weighted by Gasteiger charge is 2.36. The van der Waals surface area contributed by atoms with E-state index in [0.29, 0.717) is 0 Å². The molecule has 2 amide bonds. The number of furan rings is 1. The number of carbonyl (C=O) groups is 2. The second-order valence-electron chi connectivity index (χ2n) is 4.80. The van der Waals surface area contributed by atoms with Gasteiger partial charge in [-0.1, -0.05) is 0 Å². The van der Waals surface area contributed by atoms with Gasteiger partial charge in [0.1, 0.15) is 11.5 Å². The van der Waals surface area contributed by atoms with Crippen molar-refractivity contribution in [1.82, 2.24) is 10.2 Å². The van der Waals surface area contributed by atoms with Crippen molar-refractivity contribution in [2.75, 3.05) is 7.05 Å². The van der Waals surface area contributed by atoms with Crippen molar-refractivity contribution in [3.8, 4) is 0 Å². The number of amides is 2. The molecular formula is C13H18N2O3. The van der Waals surface area contributed by atoms with E-state index < -0.39 is 6.04 Å². The third kappa shape index (κ3) is 2.18. The van der Waals surface area contributed by atoms with Gasteiger partial charge in [-0.3, -0.25) is 19.8 Å². The first-order valence-electron chi connectivity index (χ1n) is 6.03. The largest absolute Gasteiger partial charge is 0.466 e. The molecular weight excluding hydrogens is 232 g/mol. The Bertz CT molecular complexity index is 492. The van der Waals surface area contributed by atoms with Crippen LogP contribution in [-0.2, 0) is 9.59 Å². The van der Waals surface area contributed by atoms with Gasteiger partial charge in [0.2, 0.25) is 11.8 Å². The molecule has 2 atom stereocenters. The van der Waals surface area contributed by atoms with Gasteiger partial charge in [-0.05, 0) is 26.8 Å². The van der Waals surface area contributed by atoms with Crippen LogP contribution in [0, 0.1) is 13.8 Å². The van der Waals surface area contributed by atoms with Crippen LogP contribution >= 0.6 is 0 Å². The average molecular weight is 250 g/mol. The van der Waals surface area contributed by atoms with Crippen LogP contribution in [0.2, 0.25) is 0 Å². The normalized spacial score (nSPS) is 21.8. The summed E-state index contributed by atoms with van der Waals surface area (Å²) >= 11 is 0. The molecule has 0 aromatic carbocycles.